The van der Waals surface area contributed by atoms with Gasteiger partial charge in [-0.25, -0.2) is 0 Å². The fraction of sp³-hybridized carbons (Fsp3) is 0.333. The molecule has 0 saturated carbocycles. The minimum absolute atomic E-state index is 0.0164. The van der Waals surface area contributed by atoms with E-state index in [1.807, 2.05) is 19.2 Å². The van der Waals surface area contributed by atoms with Gasteiger partial charge >= 0.3 is 0 Å². The summed E-state index contributed by atoms with van der Waals surface area (Å²) in [5.74, 6) is -0.0164. The molecule has 0 aliphatic rings. The molecule has 0 bridgehead atoms. The lowest BCUT2D eigenvalue weighted by Crippen LogP contribution is -2.26. The molecule has 2 aromatic rings. The van der Waals surface area contributed by atoms with Crippen molar-refractivity contribution < 1.29 is 4.79 Å². The molecule has 6 heteroatoms. The molecule has 21 heavy (non-hydrogen) atoms. The number of aryl methyl sites for hydroxylation is 2. The average Bonchev–Trinajstić information content (AvgIpc) is 2.85. The Kier molecular flexibility index (Phi) is 5.65. The fourth-order valence-electron chi connectivity index (χ4n) is 2.03. The van der Waals surface area contributed by atoms with Crippen molar-refractivity contribution in [3.63, 3.8) is 0 Å². The Morgan fingerprint density at radius 2 is 2.14 bits per heavy atom. The predicted octanol–water partition coefficient (Wildman–Crippen LogP) is 3.32. The molecule has 112 valence electrons. The zero-order valence-corrected chi connectivity index (χ0v) is 13.3. The minimum Gasteiger partial charge on any atom is -0.356 e. The van der Waals surface area contributed by atoms with Gasteiger partial charge in [-0.15, -0.1) is 0 Å². The van der Waals surface area contributed by atoms with E-state index in [0.29, 0.717) is 23.0 Å². The molecule has 2 N–H and O–H groups in total. The monoisotopic (exact) mass is 325 g/mol. The molecule has 2 rings (SSSR count). The van der Waals surface area contributed by atoms with Crippen LogP contribution < -0.4 is 5.32 Å². The normalized spacial score (nSPS) is 10.6. The van der Waals surface area contributed by atoms with E-state index in [-0.39, 0.29) is 5.91 Å². The van der Waals surface area contributed by atoms with Gasteiger partial charge in [0.05, 0.1) is 22.7 Å². The number of amides is 1. The van der Waals surface area contributed by atoms with Gasteiger partial charge in [-0.05, 0) is 43.0 Å². The summed E-state index contributed by atoms with van der Waals surface area (Å²) in [6, 6.07) is 5.23. The quantitative estimate of drug-likeness (QED) is 0.800. The summed E-state index contributed by atoms with van der Waals surface area (Å²) in [5, 5.41) is 10.7. The van der Waals surface area contributed by atoms with Crippen LogP contribution in [0.2, 0.25) is 10.0 Å². The van der Waals surface area contributed by atoms with Crippen molar-refractivity contribution in [1.82, 2.24) is 15.5 Å². The number of halogens is 2. The second-order valence-corrected chi connectivity index (χ2v) is 5.71. The second-order valence-electron chi connectivity index (χ2n) is 4.90. The summed E-state index contributed by atoms with van der Waals surface area (Å²) < 4.78 is 0. The van der Waals surface area contributed by atoms with Crippen LogP contribution in [0.1, 0.15) is 23.2 Å². The van der Waals surface area contributed by atoms with E-state index < -0.39 is 0 Å². The Bertz CT molecular complexity index is 625. The van der Waals surface area contributed by atoms with Gasteiger partial charge in [-0.3, -0.25) is 9.89 Å². The highest BCUT2D eigenvalue weighted by Crippen LogP contribution is 2.22. The van der Waals surface area contributed by atoms with Crippen LogP contribution in [0, 0.1) is 6.92 Å². The van der Waals surface area contributed by atoms with E-state index in [0.717, 1.165) is 24.1 Å². The van der Waals surface area contributed by atoms with Gasteiger partial charge in [0.15, 0.2) is 0 Å². The number of benzene rings is 1. The van der Waals surface area contributed by atoms with Crippen LogP contribution in [0.25, 0.3) is 0 Å². The summed E-state index contributed by atoms with van der Waals surface area (Å²) in [7, 11) is 0. The molecule has 0 aliphatic carbocycles. The standard InChI is InChI=1S/C15H17Cl2N3O/c1-10-12(9-19-20-10)3-2-6-18-15(21)8-11-4-5-13(16)14(17)7-11/h4-5,7,9H,2-3,6,8H2,1H3,(H,18,21)(H,19,20). The predicted molar refractivity (Wildman–Crippen MR) is 84.8 cm³/mol. The van der Waals surface area contributed by atoms with E-state index >= 15 is 0 Å². The Labute approximate surface area is 133 Å². The molecule has 0 spiro atoms. The van der Waals surface area contributed by atoms with E-state index in [2.05, 4.69) is 15.5 Å². The van der Waals surface area contributed by atoms with Gasteiger partial charge in [-0.2, -0.15) is 5.10 Å². The van der Waals surface area contributed by atoms with Crippen molar-refractivity contribution in [3.8, 4) is 0 Å². The number of aromatic amines is 1. The molecule has 4 nitrogen and oxygen atoms in total. The van der Waals surface area contributed by atoms with Gasteiger partial charge in [0.25, 0.3) is 0 Å². The lowest BCUT2D eigenvalue weighted by molar-refractivity contribution is -0.120. The highest BCUT2D eigenvalue weighted by Gasteiger charge is 2.06. The lowest BCUT2D eigenvalue weighted by Gasteiger charge is -2.06. The molecule has 0 radical (unpaired) electrons. The third-order valence-corrected chi connectivity index (χ3v) is 3.97. The van der Waals surface area contributed by atoms with Crippen molar-refractivity contribution >= 4 is 29.1 Å². The maximum absolute atomic E-state index is 11.8. The van der Waals surface area contributed by atoms with E-state index in [9.17, 15) is 4.79 Å². The zero-order valence-electron chi connectivity index (χ0n) is 11.7. The second kappa shape index (κ2) is 7.48. The Balaban J connectivity index is 1.72. The first-order chi connectivity index (χ1) is 10.1. The maximum Gasteiger partial charge on any atom is 0.224 e. The molecule has 0 aliphatic heterocycles. The number of hydrogen-bond donors (Lipinski definition) is 2. The molecule has 1 amide bonds. The van der Waals surface area contributed by atoms with Crippen molar-refractivity contribution in [1.29, 1.82) is 0 Å². The van der Waals surface area contributed by atoms with Crippen LogP contribution in [0.3, 0.4) is 0 Å². The number of aromatic nitrogens is 2. The first-order valence-electron chi connectivity index (χ1n) is 6.75. The summed E-state index contributed by atoms with van der Waals surface area (Å²) in [6.07, 6.45) is 3.91. The van der Waals surface area contributed by atoms with Crippen LogP contribution in [-0.4, -0.2) is 22.6 Å². The van der Waals surface area contributed by atoms with Crippen LogP contribution in [0.5, 0.6) is 0 Å². The molecule has 0 atom stereocenters. The molecule has 1 aromatic carbocycles. The zero-order chi connectivity index (χ0) is 15.2. The maximum atomic E-state index is 11.8. The summed E-state index contributed by atoms with van der Waals surface area (Å²) in [4.78, 5) is 11.8. The molecular formula is C15H17Cl2N3O. The van der Waals surface area contributed by atoms with E-state index in [4.69, 9.17) is 23.2 Å². The van der Waals surface area contributed by atoms with Gasteiger partial charge < -0.3 is 5.32 Å². The number of carbonyl (C=O) groups is 1. The van der Waals surface area contributed by atoms with Gasteiger partial charge in [0.2, 0.25) is 5.91 Å². The lowest BCUT2D eigenvalue weighted by atomic mass is 10.1. The third-order valence-electron chi connectivity index (χ3n) is 3.23. The van der Waals surface area contributed by atoms with Crippen LogP contribution in [0.15, 0.2) is 24.4 Å². The first-order valence-corrected chi connectivity index (χ1v) is 7.51. The third kappa shape index (κ3) is 4.76. The SMILES string of the molecule is Cc1[nH]ncc1CCCNC(=O)Cc1ccc(Cl)c(Cl)c1. The van der Waals surface area contributed by atoms with Crippen LogP contribution in [0.4, 0.5) is 0 Å². The molecule has 0 unspecified atom stereocenters. The first kappa shape index (κ1) is 15.9. The van der Waals surface area contributed by atoms with Gasteiger partial charge in [0.1, 0.15) is 0 Å². The Morgan fingerprint density at radius 1 is 1.33 bits per heavy atom. The molecular weight excluding hydrogens is 309 g/mol. The minimum atomic E-state index is -0.0164. The van der Waals surface area contributed by atoms with E-state index in [1.165, 1.54) is 5.56 Å². The number of nitrogens with one attached hydrogen (secondary N) is 2. The number of hydrogen-bond acceptors (Lipinski definition) is 2. The van der Waals surface area contributed by atoms with Crippen molar-refractivity contribution in [2.75, 3.05) is 6.54 Å². The highest BCUT2D eigenvalue weighted by molar-refractivity contribution is 6.42. The summed E-state index contributed by atoms with van der Waals surface area (Å²) in [6.45, 7) is 2.63. The molecule has 1 heterocycles. The highest BCUT2D eigenvalue weighted by atomic mass is 35.5. The number of rotatable bonds is 6. The molecule has 1 aromatic heterocycles. The molecule has 0 saturated heterocycles. The number of nitrogens with zero attached hydrogens (tertiary/aromatic N) is 1. The Morgan fingerprint density at radius 3 is 2.81 bits per heavy atom. The van der Waals surface area contributed by atoms with Gasteiger partial charge in [0, 0.05) is 12.2 Å². The van der Waals surface area contributed by atoms with Crippen molar-refractivity contribution in [2.24, 2.45) is 0 Å². The average molecular weight is 326 g/mol. The van der Waals surface area contributed by atoms with Crippen LogP contribution >= 0.6 is 23.2 Å². The number of H-pyrrole nitrogens is 1. The number of carbonyl (C=O) groups excluding carboxylic acids is 1. The van der Waals surface area contributed by atoms with Crippen molar-refractivity contribution in [2.45, 2.75) is 26.2 Å². The van der Waals surface area contributed by atoms with Gasteiger partial charge in [-0.1, -0.05) is 29.3 Å². The summed E-state index contributed by atoms with van der Waals surface area (Å²) in [5.41, 5.74) is 3.12. The van der Waals surface area contributed by atoms with Crippen LogP contribution in [-0.2, 0) is 17.6 Å². The topological polar surface area (TPSA) is 57.8 Å². The molecule has 0 fully saturated rings. The van der Waals surface area contributed by atoms with E-state index in [1.54, 1.807) is 12.1 Å². The summed E-state index contributed by atoms with van der Waals surface area (Å²) >= 11 is 11.8. The smallest absolute Gasteiger partial charge is 0.224 e. The Hall–Kier alpha value is -1.52. The largest absolute Gasteiger partial charge is 0.356 e. The van der Waals surface area contributed by atoms with Crippen molar-refractivity contribution in [3.05, 3.63) is 51.3 Å². The fourth-order valence-corrected chi connectivity index (χ4v) is 2.35.